The first-order chi connectivity index (χ1) is 40.6. The predicted octanol–water partition coefficient (Wildman–Crippen LogP) is 13.7. The van der Waals surface area contributed by atoms with Crippen LogP contribution in [0.25, 0.3) is 0 Å². The van der Waals surface area contributed by atoms with Crippen molar-refractivity contribution in [1.82, 2.24) is 5.32 Å². The molecule has 2 fully saturated rings. The third kappa shape index (κ3) is 39.0. The van der Waals surface area contributed by atoms with Gasteiger partial charge in [-0.1, -0.05) is 288 Å². The van der Waals surface area contributed by atoms with E-state index in [1.54, 1.807) is 6.08 Å². The summed E-state index contributed by atoms with van der Waals surface area (Å²) in [7, 11) is 0. The van der Waals surface area contributed by atoms with E-state index >= 15 is 0 Å². The van der Waals surface area contributed by atoms with E-state index in [9.17, 15) is 45.6 Å². The Kier molecular flexibility index (Phi) is 50.6. The molecule has 12 unspecified atom stereocenters. The minimum Gasteiger partial charge on any atom is -0.394 e. The lowest BCUT2D eigenvalue weighted by atomic mass is 9.97. The Labute approximate surface area is 506 Å². The van der Waals surface area contributed by atoms with E-state index in [1.807, 2.05) is 6.08 Å². The quantitative estimate of drug-likeness (QED) is 0.0204. The molecule has 12 atom stereocenters. The van der Waals surface area contributed by atoms with Crippen LogP contribution in [-0.2, 0) is 23.7 Å². The van der Waals surface area contributed by atoms with Gasteiger partial charge < -0.3 is 65.1 Å². The molecule has 0 aromatic heterocycles. The first-order valence-electron chi connectivity index (χ1n) is 34.7. The lowest BCUT2D eigenvalue weighted by Crippen LogP contribution is -2.65. The highest BCUT2D eigenvalue weighted by Gasteiger charge is 2.51. The van der Waals surface area contributed by atoms with Crippen LogP contribution >= 0.6 is 0 Å². The molecule has 488 valence electrons. The molecular weight excluding hydrogens is 1050 g/mol. The van der Waals surface area contributed by atoms with Gasteiger partial charge in [0, 0.05) is 6.42 Å². The first-order valence-corrected chi connectivity index (χ1v) is 34.7. The number of carbonyl (C=O) groups is 1. The maximum absolute atomic E-state index is 13.3. The normalized spacial score (nSPS) is 24.0. The number of aliphatic hydroxyl groups is 8. The molecule has 0 bridgehead atoms. The number of ether oxygens (including phenoxy) is 4. The summed E-state index contributed by atoms with van der Waals surface area (Å²) in [6.07, 6.45) is 52.2. The summed E-state index contributed by atoms with van der Waals surface area (Å²) < 4.78 is 22.8. The second-order valence-electron chi connectivity index (χ2n) is 24.6. The lowest BCUT2D eigenvalue weighted by Gasteiger charge is -2.46. The zero-order valence-corrected chi connectivity index (χ0v) is 53.0. The number of allylic oxidation sites excluding steroid dienone is 5. The van der Waals surface area contributed by atoms with E-state index in [2.05, 4.69) is 43.5 Å². The number of hydrogen-bond donors (Lipinski definition) is 9. The van der Waals surface area contributed by atoms with Crippen molar-refractivity contribution in [3.05, 3.63) is 36.5 Å². The van der Waals surface area contributed by atoms with Gasteiger partial charge in [-0.2, -0.15) is 0 Å². The average molecular weight is 1180 g/mol. The largest absolute Gasteiger partial charge is 0.394 e. The fourth-order valence-electron chi connectivity index (χ4n) is 11.5. The molecule has 2 heterocycles. The van der Waals surface area contributed by atoms with Crippen LogP contribution in [0.15, 0.2) is 36.5 Å². The third-order valence-electron chi connectivity index (χ3n) is 17.1. The molecule has 0 aromatic carbocycles. The fourth-order valence-corrected chi connectivity index (χ4v) is 11.5. The van der Waals surface area contributed by atoms with Crippen molar-refractivity contribution in [2.24, 2.45) is 0 Å². The summed E-state index contributed by atoms with van der Waals surface area (Å²) in [4.78, 5) is 13.3. The maximum Gasteiger partial charge on any atom is 0.220 e. The maximum atomic E-state index is 13.3. The number of nitrogens with one attached hydrogen (secondary N) is 1. The van der Waals surface area contributed by atoms with Crippen LogP contribution in [0.1, 0.15) is 303 Å². The van der Waals surface area contributed by atoms with Crippen molar-refractivity contribution in [3.63, 3.8) is 0 Å². The molecule has 2 rings (SSSR count). The summed E-state index contributed by atoms with van der Waals surface area (Å²) in [5, 5.41) is 87.2. The summed E-state index contributed by atoms with van der Waals surface area (Å²) in [5.41, 5.74) is 0. The van der Waals surface area contributed by atoms with Crippen molar-refractivity contribution >= 4 is 5.91 Å². The number of aliphatic hydroxyl groups excluding tert-OH is 8. The van der Waals surface area contributed by atoms with Gasteiger partial charge in [-0.05, 0) is 44.9 Å². The van der Waals surface area contributed by atoms with Gasteiger partial charge in [0.1, 0.15) is 48.8 Å². The van der Waals surface area contributed by atoms with Gasteiger partial charge in [0.25, 0.3) is 0 Å². The van der Waals surface area contributed by atoms with Gasteiger partial charge in [0.2, 0.25) is 5.91 Å². The summed E-state index contributed by atoms with van der Waals surface area (Å²) >= 11 is 0. The van der Waals surface area contributed by atoms with Crippen molar-refractivity contribution in [2.45, 2.75) is 376 Å². The Balaban J connectivity index is 1.63. The van der Waals surface area contributed by atoms with E-state index in [0.29, 0.717) is 12.8 Å². The first kappa shape index (κ1) is 77.3. The highest BCUT2D eigenvalue weighted by atomic mass is 16.7. The molecule has 9 N–H and O–H groups in total. The third-order valence-corrected chi connectivity index (χ3v) is 17.1. The lowest BCUT2D eigenvalue weighted by molar-refractivity contribution is -0.359. The number of rotatable bonds is 57. The standard InChI is InChI=1S/C69H129NO13/c1-3-5-7-9-11-13-15-17-19-21-22-23-24-25-26-27-28-29-30-31-32-33-34-35-36-37-39-41-43-45-47-49-51-53-61(74)70-57(58(73)52-50-48-46-44-42-40-38-20-18-16-14-12-10-8-6-4-2)56-80-68-66(79)64(77)67(60(55-72)82-68)83-69-65(78)63(76)62(75)59(54-71)81-69/h18,20,42,44,50,52,57-60,62-69,71-73,75-79H,3-17,19,21-41,43,45-49,51,53-56H2,1-2H3,(H,70,74)/b20-18+,44-42+,52-50+. The molecule has 14 nitrogen and oxygen atoms in total. The Morgan fingerprint density at radius 2 is 0.771 bits per heavy atom. The zero-order chi connectivity index (χ0) is 60.2. The van der Waals surface area contributed by atoms with Crippen molar-refractivity contribution in [2.75, 3.05) is 19.8 Å². The molecule has 2 aliphatic rings. The van der Waals surface area contributed by atoms with Crippen LogP contribution in [0.3, 0.4) is 0 Å². The smallest absolute Gasteiger partial charge is 0.220 e. The van der Waals surface area contributed by atoms with E-state index in [1.165, 1.54) is 225 Å². The van der Waals surface area contributed by atoms with Crippen LogP contribution in [0.5, 0.6) is 0 Å². The average Bonchev–Trinajstić information content (AvgIpc) is 3.65. The molecule has 1 amide bonds. The predicted molar refractivity (Wildman–Crippen MR) is 337 cm³/mol. The van der Waals surface area contributed by atoms with E-state index in [0.717, 1.165) is 44.9 Å². The Bertz CT molecular complexity index is 1530. The van der Waals surface area contributed by atoms with Gasteiger partial charge >= 0.3 is 0 Å². The van der Waals surface area contributed by atoms with Crippen LogP contribution in [0.2, 0.25) is 0 Å². The Morgan fingerprint density at radius 1 is 0.422 bits per heavy atom. The Morgan fingerprint density at radius 3 is 1.18 bits per heavy atom. The van der Waals surface area contributed by atoms with Crippen molar-refractivity contribution in [3.8, 4) is 0 Å². The number of amides is 1. The van der Waals surface area contributed by atoms with Gasteiger partial charge in [0.05, 0.1) is 32.0 Å². The molecule has 0 saturated carbocycles. The van der Waals surface area contributed by atoms with E-state index < -0.39 is 86.8 Å². The monoisotopic (exact) mass is 1180 g/mol. The van der Waals surface area contributed by atoms with Gasteiger partial charge in [0.15, 0.2) is 12.6 Å². The van der Waals surface area contributed by atoms with Crippen LogP contribution in [0, 0.1) is 0 Å². The molecule has 0 spiro atoms. The molecule has 14 heteroatoms. The van der Waals surface area contributed by atoms with Crippen LogP contribution < -0.4 is 5.32 Å². The summed E-state index contributed by atoms with van der Waals surface area (Å²) in [5.74, 6) is -0.248. The van der Waals surface area contributed by atoms with Crippen molar-refractivity contribution in [1.29, 1.82) is 0 Å². The summed E-state index contributed by atoms with van der Waals surface area (Å²) in [6.45, 7) is 2.80. The Hall–Kier alpha value is -1.79. The molecular formula is C69H129NO13. The second-order valence-corrected chi connectivity index (χ2v) is 24.6. The molecule has 0 aromatic rings. The van der Waals surface area contributed by atoms with E-state index in [-0.39, 0.29) is 18.9 Å². The van der Waals surface area contributed by atoms with E-state index in [4.69, 9.17) is 18.9 Å². The van der Waals surface area contributed by atoms with Gasteiger partial charge in [-0.15, -0.1) is 0 Å². The minimum atomic E-state index is -1.79. The molecule has 0 aliphatic carbocycles. The van der Waals surface area contributed by atoms with Crippen LogP contribution in [-0.4, -0.2) is 140 Å². The SMILES string of the molecule is CCCCCCCC/C=C/CC/C=C/CC/C=C/C(O)C(COC1OC(CO)C(OC2OC(CO)C(O)C(O)C2O)C(O)C1O)NC(=O)CCCCCCCCCCCCCCCCCCCCCCCCCCCCCCCCCCC. The number of unbranched alkanes of at least 4 members (excludes halogenated alkanes) is 40. The highest BCUT2D eigenvalue weighted by molar-refractivity contribution is 5.76. The zero-order valence-electron chi connectivity index (χ0n) is 53.0. The molecule has 83 heavy (non-hydrogen) atoms. The van der Waals surface area contributed by atoms with Gasteiger partial charge in [-0.3, -0.25) is 4.79 Å². The fraction of sp³-hybridized carbons (Fsp3) is 0.899. The number of hydrogen-bond acceptors (Lipinski definition) is 13. The molecule has 2 saturated heterocycles. The van der Waals surface area contributed by atoms with Crippen molar-refractivity contribution < 1.29 is 64.6 Å². The number of carbonyl (C=O) groups excluding carboxylic acids is 1. The topological polar surface area (TPSA) is 228 Å². The highest BCUT2D eigenvalue weighted by Crippen LogP contribution is 2.30. The summed E-state index contributed by atoms with van der Waals surface area (Å²) in [6, 6.07) is -0.936. The van der Waals surface area contributed by atoms with Gasteiger partial charge in [-0.25, -0.2) is 0 Å². The molecule has 2 aliphatic heterocycles. The van der Waals surface area contributed by atoms with Crippen LogP contribution in [0.4, 0.5) is 0 Å². The second kappa shape index (κ2) is 54.4. The minimum absolute atomic E-state index is 0.248. The molecule has 0 radical (unpaired) electrons.